The first-order chi connectivity index (χ1) is 26.6. The Hall–Kier alpha value is -2.45. The number of ether oxygens (including phenoxy) is 3. The smallest absolute Gasteiger partial charge is 0.306 e. The quantitative estimate of drug-likeness (QED) is 0.0264. The van der Waals surface area contributed by atoms with Crippen molar-refractivity contribution in [3.63, 3.8) is 0 Å². The van der Waals surface area contributed by atoms with E-state index < -0.39 is 18.1 Å². The third kappa shape index (κ3) is 36.9. The van der Waals surface area contributed by atoms with Gasteiger partial charge in [-0.05, 0) is 57.8 Å². The molecule has 0 aromatic rings. The van der Waals surface area contributed by atoms with E-state index in [0.29, 0.717) is 12.8 Å². The molecule has 0 saturated carbocycles. The standard InChI is InChI=1S/C47H85NO7/c1-6-8-10-12-14-16-18-19-20-21-22-23-24-25-26-27-28-30-32-34-36-38-46(50)55-43(41-53-40-39-44(47(51)52)48(3,4)5)42-54-45(49)37-35-33-31-29-17-15-13-11-9-7-2/h8,10,13-16,43-44H,6-7,9,11-12,17-42H2,1-5H3/b10-8+,15-13+,16-14+. The van der Waals surface area contributed by atoms with E-state index in [0.717, 1.165) is 70.6 Å². The molecule has 8 heteroatoms. The van der Waals surface area contributed by atoms with Gasteiger partial charge in [-0.25, -0.2) is 0 Å². The van der Waals surface area contributed by atoms with Gasteiger partial charge in [0.05, 0.1) is 40.3 Å². The number of allylic oxidation sites excluding steroid dienone is 6. The Labute approximate surface area is 338 Å². The van der Waals surface area contributed by atoms with Crippen molar-refractivity contribution >= 4 is 17.9 Å². The van der Waals surface area contributed by atoms with Gasteiger partial charge in [-0.1, -0.05) is 153 Å². The summed E-state index contributed by atoms with van der Waals surface area (Å²) in [6.45, 7) is 4.51. The molecule has 0 fully saturated rings. The Balaban J connectivity index is 4.22. The van der Waals surface area contributed by atoms with E-state index >= 15 is 0 Å². The maximum absolute atomic E-state index is 12.7. The molecule has 55 heavy (non-hydrogen) atoms. The monoisotopic (exact) mass is 776 g/mol. The van der Waals surface area contributed by atoms with E-state index in [4.69, 9.17) is 14.2 Å². The van der Waals surface area contributed by atoms with E-state index in [1.165, 1.54) is 89.9 Å². The second kappa shape index (κ2) is 38.4. The summed E-state index contributed by atoms with van der Waals surface area (Å²) in [5.41, 5.74) is 0. The zero-order valence-corrected chi connectivity index (χ0v) is 36.3. The third-order valence-electron chi connectivity index (χ3n) is 10.0. The number of carbonyl (C=O) groups excluding carboxylic acids is 3. The Morgan fingerprint density at radius 1 is 0.564 bits per heavy atom. The number of rotatable bonds is 40. The zero-order valence-electron chi connectivity index (χ0n) is 36.3. The minimum atomic E-state index is -1.13. The molecule has 2 unspecified atom stereocenters. The highest BCUT2D eigenvalue weighted by molar-refractivity contribution is 5.70. The molecule has 0 amide bonds. The predicted octanol–water partition coefficient (Wildman–Crippen LogP) is 10.9. The van der Waals surface area contributed by atoms with Gasteiger partial charge in [-0.15, -0.1) is 0 Å². The molecule has 0 heterocycles. The van der Waals surface area contributed by atoms with E-state index in [1.54, 1.807) is 21.1 Å². The van der Waals surface area contributed by atoms with Gasteiger partial charge >= 0.3 is 11.9 Å². The summed E-state index contributed by atoms with van der Waals surface area (Å²) in [6.07, 6.45) is 43.2. The number of esters is 2. The third-order valence-corrected chi connectivity index (χ3v) is 10.0. The predicted molar refractivity (Wildman–Crippen MR) is 227 cm³/mol. The minimum absolute atomic E-state index is 0.0388. The van der Waals surface area contributed by atoms with Gasteiger partial charge in [0.1, 0.15) is 12.6 Å². The lowest BCUT2D eigenvalue weighted by Crippen LogP contribution is -2.55. The molecule has 0 saturated heterocycles. The van der Waals surface area contributed by atoms with Gasteiger partial charge in [0.15, 0.2) is 6.10 Å². The molecule has 0 aromatic heterocycles. The van der Waals surface area contributed by atoms with Crippen LogP contribution in [0.3, 0.4) is 0 Å². The molecule has 0 aromatic carbocycles. The molecule has 0 aliphatic heterocycles. The fourth-order valence-electron chi connectivity index (χ4n) is 6.50. The molecule has 0 radical (unpaired) electrons. The molecule has 0 aliphatic carbocycles. The van der Waals surface area contributed by atoms with Crippen LogP contribution in [0.4, 0.5) is 0 Å². The molecule has 0 bridgehead atoms. The summed E-state index contributed by atoms with van der Waals surface area (Å²) in [4.78, 5) is 36.8. The van der Waals surface area contributed by atoms with Crippen molar-refractivity contribution in [2.45, 2.75) is 206 Å². The summed E-state index contributed by atoms with van der Waals surface area (Å²) >= 11 is 0. The summed E-state index contributed by atoms with van der Waals surface area (Å²) in [7, 11) is 5.40. The van der Waals surface area contributed by atoms with Crippen molar-refractivity contribution < 1.29 is 38.2 Å². The van der Waals surface area contributed by atoms with Crippen LogP contribution in [-0.2, 0) is 28.6 Å². The molecule has 0 rings (SSSR count). The Kier molecular flexibility index (Phi) is 36.7. The Morgan fingerprint density at radius 2 is 1.02 bits per heavy atom. The van der Waals surface area contributed by atoms with Crippen molar-refractivity contribution in [2.24, 2.45) is 0 Å². The van der Waals surface area contributed by atoms with Crippen LogP contribution in [0.5, 0.6) is 0 Å². The number of carbonyl (C=O) groups is 3. The van der Waals surface area contributed by atoms with Gasteiger partial charge in [0.2, 0.25) is 0 Å². The SMILES string of the molecule is CC/C=C/C/C=C/CCCCCCCCCCCCCCCCC(=O)OC(COCCC(C(=O)[O-])[N+](C)(C)C)COC(=O)CCCCCC/C=C/CCCC. The van der Waals surface area contributed by atoms with Crippen LogP contribution in [0.25, 0.3) is 0 Å². The molecular formula is C47H85NO7. The van der Waals surface area contributed by atoms with Gasteiger partial charge < -0.3 is 28.6 Å². The number of carboxylic acid groups (broad SMARTS) is 1. The first-order valence-electron chi connectivity index (χ1n) is 22.5. The van der Waals surface area contributed by atoms with Crippen LogP contribution in [0, 0.1) is 0 Å². The van der Waals surface area contributed by atoms with Crippen LogP contribution < -0.4 is 5.11 Å². The minimum Gasteiger partial charge on any atom is -0.544 e. The molecule has 0 spiro atoms. The van der Waals surface area contributed by atoms with Crippen LogP contribution >= 0.6 is 0 Å². The Morgan fingerprint density at radius 3 is 1.51 bits per heavy atom. The van der Waals surface area contributed by atoms with E-state index in [1.807, 2.05) is 0 Å². The molecule has 0 aliphatic rings. The molecular weight excluding hydrogens is 691 g/mol. The highest BCUT2D eigenvalue weighted by Gasteiger charge is 2.25. The number of nitrogens with zero attached hydrogens (tertiary/aromatic N) is 1. The number of likely N-dealkylation sites (N-methyl/N-ethyl adjacent to an activating group) is 1. The second-order valence-corrected chi connectivity index (χ2v) is 16.3. The lowest BCUT2D eigenvalue weighted by Gasteiger charge is -2.34. The van der Waals surface area contributed by atoms with Crippen molar-refractivity contribution in [3.8, 4) is 0 Å². The number of hydrogen-bond donors (Lipinski definition) is 0. The normalized spacial score (nSPS) is 13.3. The molecule has 320 valence electrons. The van der Waals surface area contributed by atoms with Crippen molar-refractivity contribution in [3.05, 3.63) is 36.5 Å². The van der Waals surface area contributed by atoms with Gasteiger partial charge in [-0.3, -0.25) is 9.59 Å². The van der Waals surface area contributed by atoms with Crippen molar-refractivity contribution in [1.29, 1.82) is 0 Å². The van der Waals surface area contributed by atoms with E-state index in [2.05, 4.69) is 50.3 Å². The van der Waals surface area contributed by atoms with Crippen LogP contribution in [0.15, 0.2) is 36.5 Å². The molecule has 2 atom stereocenters. The first-order valence-corrected chi connectivity index (χ1v) is 22.5. The van der Waals surface area contributed by atoms with E-state index in [9.17, 15) is 19.5 Å². The number of hydrogen-bond acceptors (Lipinski definition) is 7. The molecule has 0 N–H and O–H groups in total. The number of carboxylic acids is 1. The van der Waals surface area contributed by atoms with Gasteiger partial charge in [-0.2, -0.15) is 0 Å². The highest BCUT2D eigenvalue weighted by Crippen LogP contribution is 2.15. The number of unbranched alkanes of at least 4 members (excludes halogenated alkanes) is 20. The zero-order chi connectivity index (χ0) is 40.7. The average Bonchev–Trinajstić information content (AvgIpc) is 3.14. The molecule has 8 nitrogen and oxygen atoms in total. The fraction of sp³-hybridized carbons (Fsp3) is 0.809. The second-order valence-electron chi connectivity index (χ2n) is 16.3. The summed E-state index contributed by atoms with van der Waals surface area (Å²) in [5, 5.41) is 11.6. The summed E-state index contributed by atoms with van der Waals surface area (Å²) in [5.74, 6) is -1.75. The van der Waals surface area contributed by atoms with Crippen LogP contribution in [0.1, 0.15) is 194 Å². The van der Waals surface area contributed by atoms with Crippen molar-refractivity contribution in [1.82, 2.24) is 0 Å². The maximum Gasteiger partial charge on any atom is 0.306 e. The highest BCUT2D eigenvalue weighted by atomic mass is 16.6. The van der Waals surface area contributed by atoms with Crippen molar-refractivity contribution in [2.75, 3.05) is 41.0 Å². The largest absolute Gasteiger partial charge is 0.544 e. The van der Waals surface area contributed by atoms with Crippen LogP contribution in [0.2, 0.25) is 0 Å². The number of quaternary nitrogens is 1. The first kappa shape index (κ1) is 52.6. The average molecular weight is 776 g/mol. The topological polar surface area (TPSA) is 102 Å². The maximum atomic E-state index is 12.7. The number of aliphatic carboxylic acids is 1. The lowest BCUT2D eigenvalue weighted by atomic mass is 10.0. The summed E-state index contributed by atoms with van der Waals surface area (Å²) in [6, 6.07) is -0.725. The van der Waals surface area contributed by atoms with Crippen LogP contribution in [-0.4, -0.2) is 75.5 Å². The van der Waals surface area contributed by atoms with E-state index in [-0.39, 0.29) is 42.7 Å². The van der Waals surface area contributed by atoms with Gasteiger partial charge in [0.25, 0.3) is 0 Å². The Bertz CT molecular complexity index is 1000. The lowest BCUT2D eigenvalue weighted by molar-refractivity contribution is -0.889. The fourth-order valence-corrected chi connectivity index (χ4v) is 6.50. The summed E-state index contributed by atoms with van der Waals surface area (Å²) < 4.78 is 17.1. The van der Waals surface area contributed by atoms with Gasteiger partial charge in [0, 0.05) is 19.3 Å².